The molecule has 1 aliphatic rings. The second-order valence-corrected chi connectivity index (χ2v) is 15.7. The van der Waals surface area contributed by atoms with Crippen LogP contribution in [0.4, 0.5) is 0 Å². The van der Waals surface area contributed by atoms with E-state index in [1.54, 1.807) is 11.3 Å². The van der Waals surface area contributed by atoms with E-state index in [2.05, 4.69) is 162 Å². The summed E-state index contributed by atoms with van der Waals surface area (Å²) in [5.74, 6) is 2.26. The fraction of sp³-hybridized carbons (Fsp3) is 0.0392. The molecule has 12 rings (SSSR count). The van der Waals surface area contributed by atoms with Crippen LogP contribution in [0.1, 0.15) is 18.2 Å². The third kappa shape index (κ3) is 4.97. The first-order chi connectivity index (χ1) is 28.3. The number of hydrogen-bond donors (Lipinski definition) is 0. The molecule has 0 radical (unpaired) electrons. The van der Waals surface area contributed by atoms with Gasteiger partial charge in [-0.05, 0) is 60.0 Å². The van der Waals surface area contributed by atoms with Crippen molar-refractivity contribution in [3.63, 3.8) is 0 Å². The van der Waals surface area contributed by atoms with Gasteiger partial charge in [0, 0.05) is 53.4 Å². The zero-order valence-electron chi connectivity index (χ0n) is 30.6. The fourth-order valence-corrected chi connectivity index (χ4v) is 10.1. The molecule has 1 atom stereocenters. The van der Waals surface area contributed by atoms with E-state index in [9.17, 15) is 0 Å². The van der Waals surface area contributed by atoms with Crippen LogP contribution in [0.15, 0.2) is 180 Å². The molecule has 0 spiro atoms. The smallest absolute Gasteiger partial charge is 0.165 e. The van der Waals surface area contributed by atoms with Crippen LogP contribution >= 0.6 is 11.3 Å². The maximum absolute atomic E-state index is 6.70. The molecular weight excluding hydrogens is 717 g/mol. The molecule has 6 heteroatoms. The lowest BCUT2D eigenvalue weighted by molar-refractivity contribution is 0.669. The summed E-state index contributed by atoms with van der Waals surface area (Å²) in [5, 5.41) is 7.07. The molecule has 1 unspecified atom stereocenters. The van der Waals surface area contributed by atoms with E-state index in [0.29, 0.717) is 11.6 Å². The maximum Gasteiger partial charge on any atom is 0.165 e. The predicted molar refractivity (Wildman–Crippen MR) is 236 cm³/mol. The highest BCUT2D eigenvalue weighted by molar-refractivity contribution is 7.26. The average molecular weight is 749 g/mol. The molecule has 0 saturated carbocycles. The van der Waals surface area contributed by atoms with Gasteiger partial charge in [0.2, 0.25) is 0 Å². The molecule has 0 fully saturated rings. The maximum atomic E-state index is 6.70. The van der Waals surface area contributed by atoms with Crippen molar-refractivity contribution in [3.8, 4) is 39.6 Å². The van der Waals surface area contributed by atoms with Crippen LogP contribution in [0.5, 0.6) is 0 Å². The Morgan fingerprint density at radius 1 is 0.526 bits per heavy atom. The molecule has 1 aliphatic carbocycles. The quantitative estimate of drug-likeness (QED) is 0.176. The number of allylic oxidation sites excluding steroid dienone is 4. The van der Waals surface area contributed by atoms with Gasteiger partial charge in [0.15, 0.2) is 11.6 Å². The minimum Gasteiger partial charge on any atom is -0.456 e. The molecule has 0 bridgehead atoms. The van der Waals surface area contributed by atoms with Crippen LogP contribution in [-0.2, 0) is 0 Å². The van der Waals surface area contributed by atoms with E-state index < -0.39 is 0 Å². The lowest BCUT2D eigenvalue weighted by Gasteiger charge is -2.14. The SMILES string of the molecule is C1=CCC(c2nc(-c3ccccc3)nc(-c3cccc4c3sc3cccc(-c5cccc6oc7cccc(-n8c9ccccc9c9ccccc98)c7c56)c34)n2)C=C1. The summed E-state index contributed by atoms with van der Waals surface area (Å²) in [6.45, 7) is 0. The number of hydrogen-bond acceptors (Lipinski definition) is 5. The molecule has 57 heavy (non-hydrogen) atoms. The molecule has 11 aromatic rings. The highest BCUT2D eigenvalue weighted by Gasteiger charge is 2.23. The van der Waals surface area contributed by atoms with Crippen LogP contribution in [0.3, 0.4) is 0 Å². The van der Waals surface area contributed by atoms with Gasteiger partial charge in [0.1, 0.15) is 17.0 Å². The lowest BCUT2D eigenvalue weighted by Crippen LogP contribution is -2.07. The monoisotopic (exact) mass is 748 g/mol. The van der Waals surface area contributed by atoms with E-state index in [-0.39, 0.29) is 5.92 Å². The number of aromatic nitrogens is 4. The second-order valence-electron chi connectivity index (χ2n) is 14.6. The molecule has 7 aromatic carbocycles. The van der Waals surface area contributed by atoms with Crippen LogP contribution in [0.2, 0.25) is 0 Å². The average Bonchev–Trinajstić information content (AvgIpc) is 3.97. The van der Waals surface area contributed by atoms with Crippen molar-refractivity contribution >= 4 is 75.3 Å². The van der Waals surface area contributed by atoms with E-state index in [4.69, 9.17) is 19.4 Å². The third-order valence-corrected chi connectivity index (χ3v) is 12.6. The fourth-order valence-electron chi connectivity index (χ4n) is 8.86. The summed E-state index contributed by atoms with van der Waals surface area (Å²) < 4.78 is 11.5. The third-order valence-electron chi connectivity index (χ3n) is 11.4. The number of fused-ring (bicyclic) bond motifs is 9. The number of nitrogens with zero attached hydrogens (tertiary/aromatic N) is 4. The van der Waals surface area contributed by atoms with E-state index in [0.717, 1.165) is 61.3 Å². The topological polar surface area (TPSA) is 56.7 Å². The minimum absolute atomic E-state index is 0.0881. The summed E-state index contributed by atoms with van der Waals surface area (Å²) in [4.78, 5) is 15.3. The van der Waals surface area contributed by atoms with Crippen molar-refractivity contribution in [2.45, 2.75) is 12.3 Å². The van der Waals surface area contributed by atoms with Crippen molar-refractivity contribution in [2.75, 3.05) is 0 Å². The van der Waals surface area contributed by atoms with E-state index >= 15 is 0 Å². The van der Waals surface area contributed by atoms with Crippen molar-refractivity contribution < 1.29 is 4.42 Å². The van der Waals surface area contributed by atoms with Gasteiger partial charge in [-0.15, -0.1) is 11.3 Å². The summed E-state index contributed by atoms with van der Waals surface area (Å²) >= 11 is 1.80. The molecule has 5 nitrogen and oxygen atoms in total. The molecule has 0 N–H and O–H groups in total. The standard InChI is InChI=1S/C51H32N4OS/c1-3-15-31(16-4-1)49-52-50(32-17-5-2-6-18-32)54-51(53-49)38-24-11-23-37-45-35(22-13-30-44(45)57-48(37)38)36-21-12-28-42-46(36)47-41(27-14-29-43(47)56-42)55-39-25-9-7-19-33(39)34-20-8-10-26-40(34)55/h1-17,19-30,32H,18H2. The Labute approximate surface area is 331 Å². The lowest BCUT2D eigenvalue weighted by atomic mass is 9.94. The Morgan fingerprint density at radius 3 is 1.96 bits per heavy atom. The largest absolute Gasteiger partial charge is 0.456 e. The van der Waals surface area contributed by atoms with Gasteiger partial charge >= 0.3 is 0 Å². The number of thiophene rings is 1. The number of furan rings is 1. The molecular formula is C51H32N4OS. The molecule has 0 saturated heterocycles. The van der Waals surface area contributed by atoms with Crippen molar-refractivity contribution in [1.29, 1.82) is 0 Å². The zero-order chi connectivity index (χ0) is 37.5. The summed E-state index contributed by atoms with van der Waals surface area (Å²) in [5.41, 5.74) is 9.47. The minimum atomic E-state index is 0.0881. The summed E-state index contributed by atoms with van der Waals surface area (Å²) in [7, 11) is 0. The van der Waals surface area contributed by atoms with Gasteiger partial charge in [-0.2, -0.15) is 0 Å². The zero-order valence-corrected chi connectivity index (χ0v) is 31.4. The number of rotatable bonds is 5. The van der Waals surface area contributed by atoms with Gasteiger partial charge in [-0.25, -0.2) is 15.0 Å². The van der Waals surface area contributed by atoms with E-state index in [1.807, 2.05) is 18.2 Å². The Balaban J connectivity index is 1.10. The van der Waals surface area contributed by atoms with E-state index in [1.165, 1.54) is 42.8 Å². The van der Waals surface area contributed by atoms with Crippen LogP contribution in [0, 0.1) is 0 Å². The Morgan fingerprint density at radius 2 is 1.18 bits per heavy atom. The Hall–Kier alpha value is -7.15. The molecule has 0 amide bonds. The number of benzene rings is 7. The molecule has 4 aromatic heterocycles. The first kappa shape index (κ1) is 32.1. The van der Waals surface area contributed by atoms with Crippen LogP contribution in [-0.4, -0.2) is 19.5 Å². The van der Waals surface area contributed by atoms with Crippen LogP contribution in [0.25, 0.3) is 104 Å². The van der Waals surface area contributed by atoms with Gasteiger partial charge in [0.25, 0.3) is 0 Å². The normalized spacial score (nSPS) is 14.3. The molecule has 0 aliphatic heterocycles. The Kier molecular flexibility index (Phi) is 7.16. The molecule has 268 valence electrons. The van der Waals surface area contributed by atoms with Crippen molar-refractivity contribution in [3.05, 3.63) is 182 Å². The van der Waals surface area contributed by atoms with Crippen molar-refractivity contribution in [2.24, 2.45) is 0 Å². The first-order valence-corrected chi connectivity index (χ1v) is 20.1. The summed E-state index contributed by atoms with van der Waals surface area (Å²) in [6.07, 6.45) is 9.40. The van der Waals surface area contributed by atoms with Crippen LogP contribution < -0.4 is 0 Å². The highest BCUT2D eigenvalue weighted by Crippen LogP contribution is 2.47. The predicted octanol–water partition coefficient (Wildman–Crippen LogP) is 13.8. The number of para-hydroxylation sites is 2. The summed E-state index contributed by atoms with van der Waals surface area (Å²) in [6, 6.07) is 53.7. The van der Waals surface area contributed by atoms with Gasteiger partial charge in [-0.3, -0.25) is 0 Å². The van der Waals surface area contributed by atoms with Crippen molar-refractivity contribution in [1.82, 2.24) is 19.5 Å². The van der Waals surface area contributed by atoms with Gasteiger partial charge in [-0.1, -0.05) is 133 Å². The Bertz CT molecular complexity index is 3410. The molecule has 4 heterocycles. The highest BCUT2D eigenvalue weighted by atomic mass is 32.1. The van der Waals surface area contributed by atoms with Gasteiger partial charge < -0.3 is 8.98 Å². The van der Waals surface area contributed by atoms with Gasteiger partial charge in [0.05, 0.1) is 22.1 Å². The first-order valence-electron chi connectivity index (χ1n) is 19.3. The second kappa shape index (κ2) is 12.7.